The van der Waals surface area contributed by atoms with Crippen LogP contribution in [0.5, 0.6) is 0 Å². The van der Waals surface area contributed by atoms with Gasteiger partial charge in [0.2, 0.25) is 5.95 Å². The van der Waals surface area contributed by atoms with E-state index in [9.17, 15) is 0 Å². The fourth-order valence-corrected chi connectivity index (χ4v) is 4.14. The minimum absolute atomic E-state index is 0.343. The van der Waals surface area contributed by atoms with Crippen molar-refractivity contribution in [2.24, 2.45) is 0 Å². The summed E-state index contributed by atoms with van der Waals surface area (Å²) in [6.45, 7) is 5.37. The van der Waals surface area contributed by atoms with Gasteiger partial charge in [-0.25, -0.2) is 4.98 Å². The molecule has 2 aliphatic rings. The summed E-state index contributed by atoms with van der Waals surface area (Å²) in [5, 5.41) is 4.78. The zero-order valence-electron chi connectivity index (χ0n) is 16.0. The molecule has 2 fully saturated rings. The van der Waals surface area contributed by atoms with Crippen LogP contribution in [-0.2, 0) is 4.74 Å². The molecule has 2 saturated heterocycles. The van der Waals surface area contributed by atoms with E-state index in [-0.39, 0.29) is 0 Å². The first kappa shape index (κ1) is 17.3. The van der Waals surface area contributed by atoms with Crippen LogP contribution < -0.4 is 15.1 Å². The highest BCUT2D eigenvalue weighted by atomic mass is 16.5. The van der Waals surface area contributed by atoms with Crippen LogP contribution in [0.4, 0.5) is 17.5 Å². The summed E-state index contributed by atoms with van der Waals surface area (Å²) < 4.78 is 5.56. The lowest BCUT2D eigenvalue weighted by Crippen LogP contribution is -2.47. The van der Waals surface area contributed by atoms with Crippen molar-refractivity contribution in [3.63, 3.8) is 0 Å². The van der Waals surface area contributed by atoms with Crippen LogP contribution in [0, 0.1) is 0 Å². The van der Waals surface area contributed by atoms with Crippen molar-refractivity contribution in [1.29, 1.82) is 0 Å². The number of nitrogens with one attached hydrogen (secondary N) is 2. The van der Waals surface area contributed by atoms with Crippen molar-refractivity contribution in [2.45, 2.75) is 18.9 Å². The van der Waals surface area contributed by atoms with Crippen LogP contribution in [0.1, 0.15) is 12.8 Å². The highest BCUT2D eigenvalue weighted by Crippen LogP contribution is 2.27. The van der Waals surface area contributed by atoms with Crippen molar-refractivity contribution in [3.8, 4) is 0 Å². The Bertz CT molecular complexity index is 927. The third-order valence-corrected chi connectivity index (χ3v) is 5.63. The average Bonchev–Trinajstić information content (AvgIpc) is 3.24. The van der Waals surface area contributed by atoms with Crippen LogP contribution in [0.3, 0.4) is 0 Å². The van der Waals surface area contributed by atoms with Crippen LogP contribution in [0.25, 0.3) is 10.9 Å². The number of H-pyrrole nitrogens is 1. The maximum Gasteiger partial charge on any atom is 0.227 e. The van der Waals surface area contributed by atoms with Crippen molar-refractivity contribution in [2.75, 3.05) is 54.5 Å². The van der Waals surface area contributed by atoms with Crippen molar-refractivity contribution in [1.82, 2.24) is 15.0 Å². The third-order valence-electron chi connectivity index (χ3n) is 5.63. The second kappa shape index (κ2) is 7.67. The average molecular weight is 378 g/mol. The topological polar surface area (TPSA) is 69.3 Å². The van der Waals surface area contributed by atoms with E-state index in [0.29, 0.717) is 6.04 Å². The first-order valence-corrected chi connectivity index (χ1v) is 10.1. The lowest BCUT2D eigenvalue weighted by molar-refractivity contribution is 0.0875. The van der Waals surface area contributed by atoms with E-state index in [2.05, 4.69) is 49.4 Å². The van der Waals surface area contributed by atoms with Gasteiger partial charge in [0.1, 0.15) is 5.82 Å². The fraction of sp³-hybridized carbons (Fsp3) is 0.429. The molecule has 7 heteroatoms. The summed E-state index contributed by atoms with van der Waals surface area (Å²) in [7, 11) is 0. The standard InChI is InChI=1S/C21H26N6O/c1-4-18-17(6-8-22-18)19(5-1)26-10-12-27(13-11-26)21-23-9-7-20(25-21)24-16-3-2-14-28-15-16/h1,4-9,16,22H,2-3,10-15H2,(H,23,24,25). The van der Waals surface area contributed by atoms with Gasteiger partial charge < -0.3 is 24.8 Å². The number of hydrogen-bond donors (Lipinski definition) is 2. The SMILES string of the molecule is c1cc(N2CCN(c3nccc(NC4CCCOC4)n3)CC2)c2cc[nH]c2c1. The molecule has 0 aliphatic carbocycles. The molecule has 1 aromatic carbocycles. The molecule has 5 rings (SSSR count). The second-order valence-corrected chi connectivity index (χ2v) is 7.49. The molecule has 4 heterocycles. The molecule has 0 amide bonds. The summed E-state index contributed by atoms with van der Waals surface area (Å²) in [5.41, 5.74) is 2.49. The molecule has 146 valence electrons. The van der Waals surface area contributed by atoms with Crippen molar-refractivity contribution >= 4 is 28.4 Å². The summed E-state index contributed by atoms with van der Waals surface area (Å²) in [6, 6.07) is 10.9. The zero-order chi connectivity index (χ0) is 18.8. The van der Waals surface area contributed by atoms with E-state index in [1.807, 2.05) is 18.5 Å². The number of hydrogen-bond acceptors (Lipinski definition) is 6. The predicted molar refractivity (Wildman–Crippen MR) is 112 cm³/mol. The van der Waals surface area contributed by atoms with Gasteiger partial charge in [-0.3, -0.25) is 0 Å². The van der Waals surface area contributed by atoms with Crippen LogP contribution in [0.2, 0.25) is 0 Å². The molecular weight excluding hydrogens is 352 g/mol. The number of aromatic nitrogens is 3. The Morgan fingerprint density at radius 2 is 1.96 bits per heavy atom. The molecule has 28 heavy (non-hydrogen) atoms. The Balaban J connectivity index is 1.25. The van der Waals surface area contributed by atoms with Gasteiger partial charge in [0, 0.05) is 61.8 Å². The summed E-state index contributed by atoms with van der Waals surface area (Å²) in [4.78, 5) is 17.3. The van der Waals surface area contributed by atoms with E-state index < -0.39 is 0 Å². The molecule has 7 nitrogen and oxygen atoms in total. The first-order chi connectivity index (χ1) is 13.9. The van der Waals surface area contributed by atoms with Gasteiger partial charge in [-0.1, -0.05) is 6.07 Å². The molecule has 0 spiro atoms. The molecule has 3 aromatic rings. The maximum absolute atomic E-state index is 5.56. The molecule has 1 atom stereocenters. The molecule has 1 unspecified atom stereocenters. The quantitative estimate of drug-likeness (QED) is 0.728. The molecule has 0 radical (unpaired) electrons. The zero-order valence-corrected chi connectivity index (χ0v) is 16.0. The number of piperazine rings is 1. The van der Waals surface area contributed by atoms with Gasteiger partial charge in [-0.2, -0.15) is 4.98 Å². The molecule has 0 saturated carbocycles. The molecule has 2 aromatic heterocycles. The number of anilines is 3. The minimum Gasteiger partial charge on any atom is -0.379 e. The lowest BCUT2D eigenvalue weighted by atomic mass is 10.1. The smallest absolute Gasteiger partial charge is 0.227 e. The van der Waals surface area contributed by atoms with E-state index in [1.165, 1.54) is 16.6 Å². The lowest BCUT2D eigenvalue weighted by Gasteiger charge is -2.36. The fourth-order valence-electron chi connectivity index (χ4n) is 4.14. The highest BCUT2D eigenvalue weighted by molar-refractivity contribution is 5.92. The second-order valence-electron chi connectivity index (χ2n) is 7.49. The van der Waals surface area contributed by atoms with E-state index in [0.717, 1.165) is 64.0 Å². The van der Waals surface area contributed by atoms with Gasteiger partial charge in [0.15, 0.2) is 0 Å². The molecule has 2 aliphatic heterocycles. The minimum atomic E-state index is 0.343. The van der Waals surface area contributed by atoms with E-state index in [1.54, 1.807) is 0 Å². The maximum atomic E-state index is 5.56. The molecular formula is C21H26N6O. The summed E-state index contributed by atoms with van der Waals surface area (Å²) in [5.74, 6) is 1.70. The summed E-state index contributed by atoms with van der Waals surface area (Å²) >= 11 is 0. The predicted octanol–water partition coefficient (Wildman–Crippen LogP) is 2.88. The number of benzene rings is 1. The molecule has 0 bridgehead atoms. The Morgan fingerprint density at radius 1 is 1.07 bits per heavy atom. The highest BCUT2D eigenvalue weighted by Gasteiger charge is 2.21. The Morgan fingerprint density at radius 3 is 2.82 bits per heavy atom. The normalized spacial score (nSPS) is 20.5. The number of nitrogens with zero attached hydrogens (tertiary/aromatic N) is 4. The third kappa shape index (κ3) is 3.49. The number of ether oxygens (including phenoxy) is 1. The van der Waals surface area contributed by atoms with E-state index in [4.69, 9.17) is 9.72 Å². The van der Waals surface area contributed by atoms with Gasteiger partial charge in [-0.15, -0.1) is 0 Å². The Kier molecular flexibility index (Phi) is 4.74. The monoisotopic (exact) mass is 378 g/mol. The molecule has 2 N–H and O–H groups in total. The Labute approximate surface area is 164 Å². The number of aromatic amines is 1. The van der Waals surface area contributed by atoms with E-state index >= 15 is 0 Å². The van der Waals surface area contributed by atoms with Crippen LogP contribution >= 0.6 is 0 Å². The van der Waals surface area contributed by atoms with Crippen LogP contribution in [-0.4, -0.2) is 60.4 Å². The number of rotatable bonds is 4. The van der Waals surface area contributed by atoms with Gasteiger partial charge in [-0.05, 0) is 37.1 Å². The largest absolute Gasteiger partial charge is 0.379 e. The Hall–Kier alpha value is -2.80. The van der Waals surface area contributed by atoms with Crippen LogP contribution in [0.15, 0.2) is 42.7 Å². The van der Waals surface area contributed by atoms with Crippen molar-refractivity contribution < 1.29 is 4.74 Å². The first-order valence-electron chi connectivity index (χ1n) is 10.1. The number of fused-ring (bicyclic) bond motifs is 1. The van der Waals surface area contributed by atoms with Gasteiger partial charge in [0.25, 0.3) is 0 Å². The summed E-state index contributed by atoms with van der Waals surface area (Å²) in [6.07, 6.45) is 6.09. The van der Waals surface area contributed by atoms with Gasteiger partial charge >= 0.3 is 0 Å². The van der Waals surface area contributed by atoms with Crippen molar-refractivity contribution in [3.05, 3.63) is 42.7 Å². The van der Waals surface area contributed by atoms with Gasteiger partial charge in [0.05, 0.1) is 12.6 Å².